The number of aliphatic hydroxyl groups is 11. The van der Waals surface area contributed by atoms with E-state index in [2.05, 4.69) is 15.6 Å². The van der Waals surface area contributed by atoms with Gasteiger partial charge >= 0.3 is 19.5 Å². The predicted molar refractivity (Wildman–Crippen MR) is 244 cm³/mol. The number of anilines is 1. The molecule has 2 amide bonds. The van der Waals surface area contributed by atoms with Gasteiger partial charge in [-0.25, -0.2) is 18.7 Å². The molecule has 0 aliphatic carbocycles. The third-order valence-electron chi connectivity index (χ3n) is 12.1. The van der Waals surface area contributed by atoms with Crippen molar-refractivity contribution in [2.45, 2.75) is 154 Å². The molecule has 5 rings (SSSR count). The first kappa shape index (κ1) is 61.1. The van der Waals surface area contributed by atoms with Crippen molar-refractivity contribution in [3.8, 4) is 0 Å². The molecule has 4 saturated heterocycles. The standard InChI is InChI=1S/C39H64N5O26PS2/c1-14(47)41-21-27(54)33(73-9-5-4-8-72-13-19-25(52)28(55)30(57)36(67-19)68-31-17(11-46)66-35(63-3)22(26(31)53)42-15(2)48)39(37(58)59,69-32(21)23(50)16(49)10-45)70-71(61,62)64-12-18-24(51)29(56)34(65-18)44-7-6-20(40)43-38(44)60/h6-7,16-19,21-36,45-46,49-57H,4-5,8-13H2,1-3H3,(H,41,47)(H,42,48)(H,58,59)(H,61,62)(H2,40,43,60)/t16-,17-,18-,19-,21-,22-,23-,24-,25+,26-,27-,28+,29-,30-,31-,32-,33-,34-,35-,36+,39-/m1/s1. The number of nitrogens with one attached hydrogen (secondary N) is 2. The number of carbonyl (C=O) groups is 3. The molecule has 4 aliphatic heterocycles. The maximum absolute atomic E-state index is 13.7. The number of rotatable bonds is 24. The summed E-state index contributed by atoms with van der Waals surface area (Å²) in [5, 5.41) is 131. The van der Waals surface area contributed by atoms with Crippen LogP contribution in [0.1, 0.15) is 32.9 Å². The zero-order valence-corrected chi connectivity index (χ0v) is 41.7. The summed E-state index contributed by atoms with van der Waals surface area (Å²) in [4.78, 5) is 64.4. The summed E-state index contributed by atoms with van der Waals surface area (Å²) in [6, 6.07) is -1.79. The summed E-state index contributed by atoms with van der Waals surface area (Å²) in [7, 11) is -4.57. The van der Waals surface area contributed by atoms with Gasteiger partial charge in [-0.2, -0.15) is 16.7 Å². The minimum absolute atomic E-state index is 0.0380. The van der Waals surface area contributed by atoms with Gasteiger partial charge in [-0.3, -0.25) is 18.7 Å². The van der Waals surface area contributed by atoms with Crippen LogP contribution < -0.4 is 22.1 Å². The van der Waals surface area contributed by atoms with Crippen LogP contribution in [0.3, 0.4) is 0 Å². The zero-order chi connectivity index (χ0) is 54.3. The van der Waals surface area contributed by atoms with E-state index < -0.39 is 179 Å². The topological polar surface area (TPSA) is 490 Å². The first-order chi connectivity index (χ1) is 34.3. The molecular weight excluding hydrogens is 1050 g/mol. The molecule has 1 aromatic rings. The van der Waals surface area contributed by atoms with Crippen LogP contribution in [0.2, 0.25) is 0 Å². The number of ether oxygens (including phenoxy) is 6. The van der Waals surface area contributed by atoms with Crippen LogP contribution in [0.15, 0.2) is 17.1 Å². The van der Waals surface area contributed by atoms with Crippen LogP contribution in [-0.4, -0.2) is 259 Å². The molecule has 22 atom stereocenters. The molecule has 0 aromatic carbocycles. The Bertz CT molecular complexity index is 2110. The SMILES string of the molecule is CO[C@@H]1O[C@H](CO)[C@@H](O[C@@H]2O[C@H](CSCCCCS[C@@H]3[C@H](O)[C@@H](NC(C)=O)[C@H]([C@H](O)[C@H](O)CO)O[C@]3(OP(=O)(O)OC[C@H]3O[C@@H](n4ccc(N)nc4=O)[C@H](O)[C@@H]3O)C(=O)O)[C@H](O)[C@H](O)[C@H]2O)[C@H](O)[C@H]1NC(C)=O. The van der Waals surface area contributed by atoms with Crippen molar-refractivity contribution >= 4 is 54.9 Å². The molecule has 73 heavy (non-hydrogen) atoms. The predicted octanol–water partition coefficient (Wildman–Crippen LogP) is -7.63. The fraction of sp³-hybridized carbons (Fsp3) is 0.821. The summed E-state index contributed by atoms with van der Waals surface area (Å²) in [5.41, 5.74) is 4.50. The highest BCUT2D eigenvalue weighted by molar-refractivity contribution is 8.00. The Balaban J connectivity index is 1.26. The Kier molecular flexibility index (Phi) is 22.2. The molecule has 0 spiro atoms. The molecule has 1 unspecified atom stereocenters. The van der Waals surface area contributed by atoms with Crippen LogP contribution in [0.5, 0.6) is 0 Å². The largest absolute Gasteiger partial charge is 0.477 e. The summed E-state index contributed by atoms with van der Waals surface area (Å²) in [6.07, 6.45) is -27.9. The number of aliphatic hydroxyl groups excluding tert-OH is 11. The first-order valence-corrected chi connectivity index (χ1v) is 26.2. The zero-order valence-electron chi connectivity index (χ0n) is 39.2. The van der Waals surface area contributed by atoms with E-state index in [0.29, 0.717) is 18.2 Å². The third kappa shape index (κ3) is 14.4. The Morgan fingerprint density at radius 1 is 0.877 bits per heavy atom. The van der Waals surface area contributed by atoms with Crippen molar-refractivity contribution in [3.63, 3.8) is 0 Å². The second-order valence-corrected chi connectivity index (χ2v) is 21.1. The molecule has 31 nitrogen and oxygen atoms in total. The second-order valence-electron chi connectivity index (χ2n) is 17.3. The Morgan fingerprint density at radius 3 is 2.11 bits per heavy atom. The van der Waals surface area contributed by atoms with Crippen molar-refractivity contribution in [3.05, 3.63) is 22.7 Å². The lowest BCUT2D eigenvalue weighted by atomic mass is 9.88. The number of phosphoric acid groups is 1. The Labute approximate surface area is 423 Å². The fourth-order valence-corrected chi connectivity index (χ4v) is 11.9. The van der Waals surface area contributed by atoms with Gasteiger partial charge in [0, 0.05) is 32.9 Å². The second kappa shape index (κ2) is 26.5. The summed E-state index contributed by atoms with van der Waals surface area (Å²) in [6.45, 7) is -0.820. The monoisotopic (exact) mass is 1110 g/mol. The summed E-state index contributed by atoms with van der Waals surface area (Å²) in [5.74, 6) is -7.13. The lowest BCUT2D eigenvalue weighted by Crippen LogP contribution is -2.73. The van der Waals surface area contributed by atoms with E-state index >= 15 is 0 Å². The van der Waals surface area contributed by atoms with Gasteiger partial charge in [0.05, 0.1) is 43.3 Å². The highest BCUT2D eigenvalue weighted by atomic mass is 32.2. The van der Waals surface area contributed by atoms with Gasteiger partial charge < -0.3 is 111 Å². The van der Waals surface area contributed by atoms with Crippen molar-refractivity contribution in [1.29, 1.82) is 0 Å². The first-order valence-electron chi connectivity index (χ1n) is 22.5. The molecule has 4 fully saturated rings. The smallest absolute Gasteiger partial charge is 0.475 e. The number of carboxylic acids is 1. The number of carbonyl (C=O) groups excluding carboxylic acids is 2. The van der Waals surface area contributed by atoms with Crippen molar-refractivity contribution in [1.82, 2.24) is 20.2 Å². The van der Waals surface area contributed by atoms with E-state index in [0.717, 1.165) is 17.7 Å². The number of nitrogens with two attached hydrogens (primary N) is 1. The van der Waals surface area contributed by atoms with E-state index in [1.165, 1.54) is 31.9 Å². The maximum atomic E-state index is 13.7. The Hall–Kier alpha value is -2.78. The number of nitrogen functional groups attached to an aromatic ring is 1. The molecule has 418 valence electrons. The number of aromatic nitrogens is 2. The minimum Gasteiger partial charge on any atom is -0.477 e. The molecular formula is C39H64N5O26PS2. The van der Waals surface area contributed by atoms with Crippen molar-refractivity contribution in [2.75, 3.05) is 49.9 Å². The van der Waals surface area contributed by atoms with Crippen LogP contribution in [-0.2, 0) is 56.4 Å². The average Bonchev–Trinajstić information content (AvgIpc) is 3.61. The number of carboxylic acid groups (broad SMARTS) is 1. The third-order valence-corrected chi connectivity index (χ3v) is 15.7. The van der Waals surface area contributed by atoms with Gasteiger partial charge in [0.2, 0.25) is 11.8 Å². The minimum atomic E-state index is -5.81. The van der Waals surface area contributed by atoms with Gasteiger partial charge in [0.15, 0.2) is 18.8 Å². The molecule has 4 aliphatic rings. The Morgan fingerprint density at radius 2 is 1.51 bits per heavy atom. The molecule has 1 aromatic heterocycles. The summed E-state index contributed by atoms with van der Waals surface area (Å²) >= 11 is 1.78. The van der Waals surface area contributed by atoms with E-state index in [-0.39, 0.29) is 29.5 Å². The summed E-state index contributed by atoms with van der Waals surface area (Å²) < 4.78 is 58.3. The quantitative estimate of drug-likeness (QED) is 0.0338. The van der Waals surface area contributed by atoms with Crippen LogP contribution >= 0.6 is 31.3 Å². The number of aliphatic carboxylic acids is 1. The van der Waals surface area contributed by atoms with Gasteiger partial charge in [-0.15, -0.1) is 11.8 Å². The number of thioether (sulfide) groups is 2. The fourth-order valence-electron chi connectivity index (χ4n) is 8.40. The maximum Gasteiger partial charge on any atom is 0.475 e. The van der Waals surface area contributed by atoms with Crippen molar-refractivity contribution < 1.29 is 123 Å². The van der Waals surface area contributed by atoms with Gasteiger partial charge in [0.1, 0.15) is 85.1 Å². The van der Waals surface area contributed by atoms with Crippen LogP contribution in [0, 0.1) is 0 Å². The van der Waals surface area contributed by atoms with Crippen LogP contribution in [0.4, 0.5) is 5.82 Å². The number of unbranched alkanes of at least 4 members (excludes halogenated alkanes) is 1. The number of methoxy groups -OCH3 is 1. The molecule has 34 heteroatoms. The number of phosphoric ester groups is 1. The van der Waals surface area contributed by atoms with Gasteiger partial charge in [-0.05, 0) is 30.4 Å². The lowest BCUT2D eigenvalue weighted by molar-refractivity contribution is -0.342. The number of hydrogen-bond donors (Lipinski definition) is 16. The van der Waals surface area contributed by atoms with Gasteiger partial charge in [-0.1, -0.05) is 0 Å². The van der Waals surface area contributed by atoms with Crippen LogP contribution in [0.25, 0.3) is 0 Å². The van der Waals surface area contributed by atoms with Gasteiger partial charge in [0.25, 0.3) is 5.79 Å². The van der Waals surface area contributed by atoms with Crippen molar-refractivity contribution in [2.24, 2.45) is 0 Å². The number of nitrogens with zero attached hydrogens (tertiary/aromatic N) is 2. The van der Waals surface area contributed by atoms with E-state index in [9.17, 15) is 89.9 Å². The van der Waals surface area contributed by atoms with E-state index in [1.807, 2.05) is 0 Å². The number of hydrogen-bond acceptors (Lipinski definition) is 28. The highest BCUT2D eigenvalue weighted by Gasteiger charge is 2.65. The lowest BCUT2D eigenvalue weighted by Gasteiger charge is -2.50. The van der Waals surface area contributed by atoms with E-state index in [4.69, 9.17) is 43.2 Å². The molecule has 17 N–H and O–H groups in total. The average molecular weight is 1110 g/mol. The van der Waals surface area contributed by atoms with E-state index in [1.54, 1.807) is 0 Å². The molecule has 0 saturated carbocycles. The normalized spacial score (nSPS) is 38.5. The number of amides is 2. The molecule has 0 bridgehead atoms. The molecule has 5 heterocycles. The highest BCUT2D eigenvalue weighted by Crippen LogP contribution is 2.53. The molecule has 0 radical (unpaired) electrons.